The Hall–Kier alpha value is -0.170. The van der Waals surface area contributed by atoms with Crippen LogP contribution in [0.5, 0.6) is 0 Å². The van der Waals surface area contributed by atoms with E-state index in [1.165, 1.54) is 6.21 Å². The van der Waals surface area contributed by atoms with Crippen molar-refractivity contribution in [2.24, 2.45) is 10.6 Å². The summed E-state index contributed by atoms with van der Waals surface area (Å²) >= 11 is 1.67. The molecule has 0 saturated heterocycles. The molecule has 0 aliphatic carbocycles. The van der Waals surface area contributed by atoms with Gasteiger partial charge in [0.15, 0.2) is 5.78 Å². The minimum atomic E-state index is -0.422. The lowest BCUT2D eigenvalue weighted by atomic mass is 9.86. The van der Waals surface area contributed by atoms with Crippen LogP contribution in [-0.4, -0.2) is 23.6 Å². The Labute approximate surface area is 112 Å². The first-order valence-electron chi connectivity index (χ1n) is 5.21. The highest BCUT2D eigenvalue weighted by Gasteiger charge is 2.31. The molecule has 0 radical (unpaired) electrons. The zero-order valence-electron chi connectivity index (χ0n) is 10.8. The Morgan fingerprint density at radius 1 is 1.31 bits per heavy atom. The fraction of sp³-hybridized carbons (Fsp3) is 0.818. The van der Waals surface area contributed by atoms with Crippen LogP contribution in [-0.2, 0) is 7.96 Å². The van der Waals surface area contributed by atoms with Crippen molar-refractivity contribution < 1.29 is 7.96 Å². The first kappa shape index (κ1) is 15.8. The van der Waals surface area contributed by atoms with Gasteiger partial charge in [-0.25, -0.2) is 0 Å². The Kier molecular flexibility index (Phi) is 5.89. The lowest BCUT2D eigenvalue weighted by molar-refractivity contribution is -0.127. The van der Waals surface area contributed by atoms with Crippen molar-refractivity contribution in [3.05, 3.63) is 0 Å². The number of halogens is 1. The molecule has 1 N–H and O–H groups in total. The fourth-order valence-corrected chi connectivity index (χ4v) is 1.32. The van der Waals surface area contributed by atoms with E-state index in [-0.39, 0.29) is 11.3 Å². The van der Waals surface area contributed by atoms with Crippen molar-refractivity contribution in [3.8, 4) is 0 Å². The smallest absolute Gasteiger partial charge is 0.230 e. The Morgan fingerprint density at radius 2 is 1.81 bits per heavy atom. The predicted octanol–water partition coefficient (Wildman–Crippen LogP) is 2.71. The molecule has 16 heavy (non-hydrogen) atoms. The van der Waals surface area contributed by atoms with E-state index in [1.54, 1.807) is 23.0 Å². The quantitative estimate of drug-likeness (QED) is 0.486. The summed E-state index contributed by atoms with van der Waals surface area (Å²) in [5.74, 6) is 0.0969. The van der Waals surface area contributed by atoms with E-state index in [9.17, 15) is 4.79 Å². The van der Waals surface area contributed by atoms with Gasteiger partial charge in [0.2, 0.25) is 23.0 Å². The first-order valence-corrected chi connectivity index (χ1v) is 6.09. The van der Waals surface area contributed by atoms with Crippen LogP contribution in [0.4, 0.5) is 0 Å². The van der Waals surface area contributed by atoms with Crippen molar-refractivity contribution in [3.63, 3.8) is 0 Å². The molecule has 94 valence electrons. The normalized spacial score (nSPS) is 15.2. The minimum absolute atomic E-state index is 0.0969. The van der Waals surface area contributed by atoms with Crippen LogP contribution in [0.2, 0.25) is 0 Å². The molecule has 0 aromatic heterocycles. The van der Waals surface area contributed by atoms with Gasteiger partial charge in [-0.3, -0.25) is 10.1 Å². The molecule has 0 aromatic rings. The van der Waals surface area contributed by atoms with E-state index in [0.29, 0.717) is 0 Å². The molecule has 0 amide bonds. The average Bonchev–Trinajstić information content (AvgIpc) is 2.07. The first-order chi connectivity index (χ1) is 7.08. The SMILES string of the molecule is CC(C)(C)NC(C=NOI)C(=O)C(C)(C)C. The lowest BCUT2D eigenvalue weighted by Crippen LogP contribution is -2.51. The number of nitrogens with one attached hydrogen (secondary N) is 1. The van der Waals surface area contributed by atoms with Crippen molar-refractivity contribution in [1.29, 1.82) is 0 Å². The number of carbonyl (C=O) groups excluding carboxylic acids is 1. The molecule has 0 aliphatic heterocycles. The van der Waals surface area contributed by atoms with Gasteiger partial charge >= 0.3 is 0 Å². The highest BCUT2D eigenvalue weighted by molar-refractivity contribution is 14.1. The number of carbonyl (C=O) groups is 1. The number of oxime groups is 1. The third-order valence-corrected chi connectivity index (χ3v) is 2.09. The standard InChI is InChI=1S/C11H21IN2O2/c1-10(2,3)9(15)8(7-13-16-12)14-11(4,5)6/h7-8,14H,1-6H3. The van der Waals surface area contributed by atoms with Gasteiger partial charge in [-0.2, -0.15) is 0 Å². The maximum atomic E-state index is 12.1. The van der Waals surface area contributed by atoms with Crippen molar-refractivity contribution in [1.82, 2.24) is 5.32 Å². The molecule has 1 unspecified atom stereocenters. The van der Waals surface area contributed by atoms with Crippen LogP contribution in [0, 0.1) is 5.41 Å². The van der Waals surface area contributed by atoms with Crippen LogP contribution in [0.1, 0.15) is 41.5 Å². The fourth-order valence-electron chi connectivity index (χ4n) is 1.19. The molecule has 0 rings (SSSR count). The van der Waals surface area contributed by atoms with Gasteiger partial charge in [0.05, 0.1) is 6.21 Å². The summed E-state index contributed by atoms with van der Waals surface area (Å²) in [6.07, 6.45) is 1.51. The predicted molar refractivity (Wildman–Crippen MR) is 74.7 cm³/mol. The maximum absolute atomic E-state index is 12.1. The average molecular weight is 340 g/mol. The number of hydrogen-bond acceptors (Lipinski definition) is 4. The van der Waals surface area contributed by atoms with Crippen molar-refractivity contribution in [2.45, 2.75) is 53.1 Å². The zero-order valence-corrected chi connectivity index (χ0v) is 13.0. The number of hydrogen-bond donors (Lipinski definition) is 1. The molecule has 5 heteroatoms. The molecular weight excluding hydrogens is 319 g/mol. The van der Waals surface area contributed by atoms with Gasteiger partial charge in [-0.05, 0) is 20.8 Å². The van der Waals surface area contributed by atoms with Crippen molar-refractivity contribution in [2.75, 3.05) is 0 Å². The third kappa shape index (κ3) is 6.42. The molecule has 0 heterocycles. The molecule has 0 fully saturated rings. The Balaban J connectivity index is 4.82. The summed E-state index contributed by atoms with van der Waals surface area (Å²) in [7, 11) is 0. The van der Waals surface area contributed by atoms with E-state index in [2.05, 4.69) is 13.6 Å². The number of Topliss-reactive ketones (excluding diaryl/α,β-unsaturated/α-hetero) is 1. The largest absolute Gasteiger partial charge is 0.327 e. The Morgan fingerprint density at radius 3 is 2.12 bits per heavy atom. The van der Waals surface area contributed by atoms with E-state index < -0.39 is 11.5 Å². The maximum Gasteiger partial charge on any atom is 0.230 e. The second-order valence-corrected chi connectivity index (χ2v) is 6.20. The third-order valence-electron chi connectivity index (χ3n) is 1.86. The van der Waals surface area contributed by atoms with Gasteiger partial charge in [0.1, 0.15) is 6.04 Å². The molecule has 0 aromatic carbocycles. The summed E-state index contributed by atoms with van der Waals surface area (Å²) < 4.78 is 4.60. The zero-order chi connectivity index (χ0) is 13.0. The molecule has 0 aliphatic rings. The van der Waals surface area contributed by atoms with E-state index >= 15 is 0 Å². The monoisotopic (exact) mass is 340 g/mol. The lowest BCUT2D eigenvalue weighted by Gasteiger charge is -2.29. The van der Waals surface area contributed by atoms with Crippen LogP contribution in [0.25, 0.3) is 0 Å². The summed E-state index contributed by atoms with van der Waals surface area (Å²) in [5.41, 5.74) is -0.553. The molecule has 4 nitrogen and oxygen atoms in total. The van der Waals surface area contributed by atoms with Crippen LogP contribution in [0.3, 0.4) is 0 Å². The van der Waals surface area contributed by atoms with Gasteiger partial charge in [0.25, 0.3) is 0 Å². The highest BCUT2D eigenvalue weighted by atomic mass is 127. The van der Waals surface area contributed by atoms with Gasteiger partial charge in [0, 0.05) is 11.0 Å². The summed E-state index contributed by atoms with van der Waals surface area (Å²) in [6, 6.07) is -0.422. The molecular formula is C11H21IN2O2. The Bertz CT molecular complexity index is 264. The molecule has 0 bridgehead atoms. The summed E-state index contributed by atoms with van der Waals surface area (Å²) in [6.45, 7) is 11.7. The number of nitrogens with zero attached hydrogens (tertiary/aromatic N) is 1. The molecule has 0 spiro atoms. The van der Waals surface area contributed by atoms with Crippen LogP contribution < -0.4 is 5.32 Å². The topological polar surface area (TPSA) is 50.7 Å². The second kappa shape index (κ2) is 5.95. The van der Waals surface area contributed by atoms with Gasteiger partial charge in [-0.1, -0.05) is 25.9 Å². The van der Waals surface area contributed by atoms with Crippen molar-refractivity contribution >= 4 is 35.0 Å². The summed E-state index contributed by atoms with van der Waals surface area (Å²) in [5, 5.41) is 6.88. The molecule has 0 saturated carbocycles. The minimum Gasteiger partial charge on any atom is -0.327 e. The van der Waals surface area contributed by atoms with Gasteiger partial charge in [-0.15, -0.1) is 0 Å². The van der Waals surface area contributed by atoms with E-state index in [1.807, 2.05) is 41.5 Å². The van der Waals surface area contributed by atoms with Gasteiger partial charge < -0.3 is 3.17 Å². The molecule has 1 atom stereocenters. The number of rotatable bonds is 4. The number of ketones is 1. The van der Waals surface area contributed by atoms with E-state index in [4.69, 9.17) is 0 Å². The van der Waals surface area contributed by atoms with E-state index in [0.717, 1.165) is 0 Å². The summed E-state index contributed by atoms with van der Waals surface area (Å²) in [4.78, 5) is 12.1. The van der Waals surface area contributed by atoms with Crippen LogP contribution >= 0.6 is 23.0 Å². The second-order valence-electron chi connectivity index (χ2n) is 5.81. The highest BCUT2D eigenvalue weighted by Crippen LogP contribution is 2.17. The van der Waals surface area contributed by atoms with Crippen LogP contribution in [0.15, 0.2) is 5.16 Å².